The van der Waals surface area contributed by atoms with E-state index in [0.717, 1.165) is 27.4 Å². The van der Waals surface area contributed by atoms with Crippen molar-refractivity contribution in [1.29, 1.82) is 0 Å². The van der Waals surface area contributed by atoms with Crippen LogP contribution in [0.5, 0.6) is 0 Å². The van der Waals surface area contributed by atoms with Crippen molar-refractivity contribution in [2.75, 3.05) is 0 Å². The summed E-state index contributed by atoms with van der Waals surface area (Å²) in [6.45, 7) is 0. The van der Waals surface area contributed by atoms with Crippen LogP contribution in [0.3, 0.4) is 0 Å². The summed E-state index contributed by atoms with van der Waals surface area (Å²) in [5.41, 5.74) is 3.26. The molecule has 0 aliphatic rings. The van der Waals surface area contributed by atoms with Crippen molar-refractivity contribution in [2.24, 2.45) is 0 Å². The summed E-state index contributed by atoms with van der Waals surface area (Å²) in [4.78, 5) is 5.09. The highest BCUT2D eigenvalue weighted by molar-refractivity contribution is 7.86. The van der Waals surface area contributed by atoms with Gasteiger partial charge in [-0.3, -0.25) is 0 Å². The third kappa shape index (κ3) is 5.39. The van der Waals surface area contributed by atoms with Crippen molar-refractivity contribution >= 4 is 46.1 Å². The molecule has 0 unspecified atom stereocenters. The predicted octanol–water partition coefficient (Wildman–Crippen LogP) is 7.69. The number of hydrogen-bond acceptors (Lipinski definition) is 3. The van der Waals surface area contributed by atoms with E-state index in [-0.39, 0.29) is 0 Å². The van der Waals surface area contributed by atoms with E-state index < -0.39 is 14.3 Å². The number of aromatic nitrogens is 1. The Labute approximate surface area is 270 Å². The molecule has 0 saturated carbocycles. The van der Waals surface area contributed by atoms with Gasteiger partial charge in [-0.05, 0) is 18.2 Å². The average molecular weight is 632 g/mol. The van der Waals surface area contributed by atoms with Crippen LogP contribution < -0.4 is 31.8 Å². The largest absolute Gasteiger partial charge is 0.309 e. The van der Waals surface area contributed by atoms with Crippen molar-refractivity contribution < 1.29 is 9.13 Å². The maximum Gasteiger partial charge on any atom is 0.171 e. The molecule has 46 heavy (non-hydrogen) atoms. The molecule has 0 N–H and O–H groups in total. The van der Waals surface area contributed by atoms with Gasteiger partial charge in [-0.25, -0.2) is 4.98 Å². The smallest absolute Gasteiger partial charge is 0.171 e. The van der Waals surface area contributed by atoms with Crippen LogP contribution in [0.15, 0.2) is 188 Å². The molecular formula is C41H31NO2P2. The first-order chi connectivity index (χ1) is 22.6. The molecule has 0 spiro atoms. The molecule has 0 amide bonds. The zero-order valence-electron chi connectivity index (χ0n) is 25.1. The monoisotopic (exact) mass is 631 g/mol. The van der Waals surface area contributed by atoms with Gasteiger partial charge in [-0.2, -0.15) is 0 Å². The first-order valence-corrected chi connectivity index (χ1v) is 18.6. The van der Waals surface area contributed by atoms with Gasteiger partial charge < -0.3 is 9.13 Å². The highest BCUT2D eigenvalue weighted by atomic mass is 31.2. The van der Waals surface area contributed by atoms with E-state index in [4.69, 9.17) is 4.98 Å². The average Bonchev–Trinajstić information content (AvgIpc) is 3.16. The van der Waals surface area contributed by atoms with Crippen LogP contribution >= 0.6 is 14.3 Å². The molecule has 7 aromatic rings. The van der Waals surface area contributed by atoms with Crippen LogP contribution in [0.25, 0.3) is 22.5 Å². The quantitative estimate of drug-likeness (QED) is 0.162. The molecule has 0 atom stereocenters. The molecule has 0 saturated heterocycles. The SMILES string of the molecule is O=P(c1ccccc1)(c1ccccc1)c1ccc(-c2cccc(-c3ccccc3)n2)c(P(=O)(c2ccccc2)c2ccccc2)c1. The molecule has 3 nitrogen and oxygen atoms in total. The topological polar surface area (TPSA) is 47.0 Å². The molecule has 0 fully saturated rings. The second-order valence-electron chi connectivity index (χ2n) is 11.0. The van der Waals surface area contributed by atoms with E-state index >= 15 is 9.13 Å². The Kier molecular flexibility index (Phi) is 8.20. The number of nitrogens with zero attached hydrogens (tertiary/aromatic N) is 1. The van der Waals surface area contributed by atoms with Crippen molar-refractivity contribution in [1.82, 2.24) is 4.98 Å². The van der Waals surface area contributed by atoms with Crippen LogP contribution in [0.2, 0.25) is 0 Å². The lowest BCUT2D eigenvalue weighted by molar-refractivity contribution is 0.592. The molecule has 1 heterocycles. The van der Waals surface area contributed by atoms with E-state index in [1.807, 2.05) is 188 Å². The number of hydrogen-bond donors (Lipinski definition) is 0. The maximum absolute atomic E-state index is 16.0. The summed E-state index contributed by atoms with van der Waals surface area (Å²) in [5, 5.41) is 4.07. The summed E-state index contributed by atoms with van der Waals surface area (Å²) < 4.78 is 31.6. The van der Waals surface area contributed by atoms with E-state index in [1.54, 1.807) is 0 Å². The fourth-order valence-corrected chi connectivity index (χ4v) is 11.6. The molecule has 6 aromatic carbocycles. The Balaban J connectivity index is 1.55. The molecule has 0 bridgehead atoms. The van der Waals surface area contributed by atoms with E-state index in [9.17, 15) is 0 Å². The fraction of sp³-hybridized carbons (Fsp3) is 0. The molecular weight excluding hydrogens is 600 g/mol. The maximum atomic E-state index is 16.0. The molecule has 1 aromatic heterocycles. The summed E-state index contributed by atoms with van der Waals surface area (Å²) in [5.74, 6) is 0. The van der Waals surface area contributed by atoms with Gasteiger partial charge in [-0.1, -0.05) is 170 Å². The summed E-state index contributed by atoms with van der Waals surface area (Å²) in [7, 11) is -6.87. The normalized spacial score (nSPS) is 11.7. The van der Waals surface area contributed by atoms with Gasteiger partial charge in [0.05, 0.1) is 11.4 Å². The van der Waals surface area contributed by atoms with Gasteiger partial charge in [0.1, 0.15) is 0 Å². The first-order valence-electron chi connectivity index (χ1n) is 15.2. The van der Waals surface area contributed by atoms with Gasteiger partial charge in [-0.15, -0.1) is 0 Å². The number of pyridine rings is 1. The number of rotatable bonds is 8. The minimum atomic E-state index is -3.51. The van der Waals surface area contributed by atoms with Gasteiger partial charge in [0.25, 0.3) is 0 Å². The molecule has 7 rings (SSSR count). The van der Waals surface area contributed by atoms with Gasteiger partial charge in [0, 0.05) is 43.0 Å². The van der Waals surface area contributed by atoms with Crippen LogP contribution in [-0.2, 0) is 9.13 Å². The predicted molar refractivity (Wildman–Crippen MR) is 194 cm³/mol. The Bertz CT molecular complexity index is 2100. The van der Waals surface area contributed by atoms with Crippen LogP contribution in [-0.4, -0.2) is 4.98 Å². The summed E-state index contributed by atoms with van der Waals surface area (Å²) in [6.07, 6.45) is 0. The standard InChI is InChI=1S/C41H31NO2P2/c43-45(33-19-8-2-9-20-33,34-21-10-3-11-22-34)37-29-30-38(40-28-16-27-39(42-40)32-17-6-1-7-18-32)41(31-37)46(44,35-23-12-4-13-24-35)36-25-14-5-15-26-36/h1-31H. The lowest BCUT2D eigenvalue weighted by atomic mass is 10.1. The molecule has 0 radical (unpaired) electrons. The van der Waals surface area contributed by atoms with Crippen LogP contribution in [0.1, 0.15) is 0 Å². The lowest BCUT2D eigenvalue weighted by Crippen LogP contribution is -2.31. The van der Waals surface area contributed by atoms with E-state index in [2.05, 4.69) is 0 Å². The highest BCUT2D eigenvalue weighted by Gasteiger charge is 2.36. The Morgan fingerprint density at radius 3 is 1.24 bits per heavy atom. The third-order valence-corrected chi connectivity index (χ3v) is 14.4. The third-order valence-electron chi connectivity index (χ3n) is 8.26. The Hall–Kier alpha value is -5.07. The Morgan fingerprint density at radius 2 is 0.761 bits per heavy atom. The van der Waals surface area contributed by atoms with E-state index in [0.29, 0.717) is 26.9 Å². The summed E-state index contributed by atoms with van der Waals surface area (Å²) >= 11 is 0. The van der Waals surface area contributed by atoms with Gasteiger partial charge in [0.15, 0.2) is 14.3 Å². The van der Waals surface area contributed by atoms with Crippen molar-refractivity contribution in [2.45, 2.75) is 0 Å². The zero-order valence-corrected chi connectivity index (χ0v) is 26.8. The first kappa shape index (κ1) is 29.6. The van der Waals surface area contributed by atoms with Gasteiger partial charge in [0.2, 0.25) is 0 Å². The number of benzene rings is 6. The highest BCUT2D eigenvalue weighted by Crippen LogP contribution is 2.48. The van der Waals surface area contributed by atoms with Crippen LogP contribution in [0, 0.1) is 0 Å². The minimum absolute atomic E-state index is 0.604. The fourth-order valence-electron chi connectivity index (χ4n) is 5.97. The molecule has 0 aliphatic carbocycles. The molecule has 5 heteroatoms. The second-order valence-corrected chi connectivity index (χ2v) is 16.5. The van der Waals surface area contributed by atoms with Crippen molar-refractivity contribution in [3.05, 3.63) is 188 Å². The van der Waals surface area contributed by atoms with Crippen molar-refractivity contribution in [3.63, 3.8) is 0 Å². The lowest BCUT2D eigenvalue weighted by Gasteiger charge is -2.26. The Morgan fingerprint density at radius 1 is 0.348 bits per heavy atom. The second kappa shape index (κ2) is 12.7. The minimum Gasteiger partial charge on any atom is -0.309 e. The molecule has 0 aliphatic heterocycles. The molecule has 222 valence electrons. The van der Waals surface area contributed by atoms with Gasteiger partial charge >= 0.3 is 0 Å². The summed E-state index contributed by atoms with van der Waals surface area (Å²) in [6, 6.07) is 60.2. The van der Waals surface area contributed by atoms with Crippen molar-refractivity contribution in [3.8, 4) is 22.5 Å². The zero-order chi connectivity index (χ0) is 31.4. The van der Waals surface area contributed by atoms with Crippen LogP contribution in [0.4, 0.5) is 0 Å². The van der Waals surface area contributed by atoms with E-state index in [1.165, 1.54) is 0 Å².